The van der Waals surface area contributed by atoms with Crippen LogP contribution in [0, 0.1) is 0 Å². The van der Waals surface area contributed by atoms with Crippen molar-refractivity contribution in [2.24, 2.45) is 0 Å². The van der Waals surface area contributed by atoms with Crippen molar-refractivity contribution in [1.82, 2.24) is 10.6 Å². The minimum absolute atomic E-state index is 0.0552. The molecule has 1 rings (SSSR count). The molecule has 2 amide bonds. The number of carbonyl (C=O) groups is 2. The summed E-state index contributed by atoms with van der Waals surface area (Å²) in [5, 5.41) is 8.33. The van der Waals surface area contributed by atoms with E-state index < -0.39 is 0 Å². The van der Waals surface area contributed by atoms with Crippen LogP contribution in [0.15, 0.2) is 24.3 Å². The quantitative estimate of drug-likeness (QED) is 0.728. The maximum absolute atomic E-state index is 11.4. The minimum Gasteiger partial charge on any atom is -0.376 e. The number of hydrogen-bond acceptors (Lipinski definition) is 3. The summed E-state index contributed by atoms with van der Waals surface area (Å²) in [5.74, 6) is -0.181. The molecule has 0 saturated heterocycles. The lowest BCUT2D eigenvalue weighted by atomic mass is 10.2. The molecular weight excluding hydrogens is 230 g/mol. The van der Waals surface area contributed by atoms with E-state index in [9.17, 15) is 9.59 Å². The summed E-state index contributed by atoms with van der Waals surface area (Å²) < 4.78 is 0. The molecule has 0 unspecified atom stereocenters. The lowest BCUT2D eigenvalue weighted by Gasteiger charge is -2.10. The van der Waals surface area contributed by atoms with Gasteiger partial charge >= 0.3 is 0 Å². The summed E-state index contributed by atoms with van der Waals surface area (Å²) in [7, 11) is 1.59. The molecule has 18 heavy (non-hydrogen) atoms. The normalized spacial score (nSPS) is 10.0. The fraction of sp³-hybridized carbons (Fsp3) is 0.385. The lowest BCUT2D eigenvalue weighted by molar-refractivity contribution is -0.119. The van der Waals surface area contributed by atoms with Crippen molar-refractivity contribution in [3.63, 3.8) is 0 Å². The zero-order valence-corrected chi connectivity index (χ0v) is 10.9. The Morgan fingerprint density at radius 1 is 1.17 bits per heavy atom. The van der Waals surface area contributed by atoms with Gasteiger partial charge in [0.15, 0.2) is 0 Å². The largest absolute Gasteiger partial charge is 0.376 e. The Hall–Kier alpha value is -2.04. The second kappa shape index (κ2) is 6.64. The van der Waals surface area contributed by atoms with Crippen LogP contribution < -0.4 is 16.0 Å². The van der Waals surface area contributed by atoms with Crippen LogP contribution in [0.5, 0.6) is 0 Å². The highest BCUT2D eigenvalue weighted by Crippen LogP contribution is 2.08. The van der Waals surface area contributed by atoms with Gasteiger partial charge in [-0.25, -0.2) is 0 Å². The fourth-order valence-corrected chi connectivity index (χ4v) is 1.44. The Balaban J connectivity index is 2.49. The summed E-state index contributed by atoms with van der Waals surface area (Å²) in [5.41, 5.74) is 1.40. The molecule has 0 aromatic heterocycles. The van der Waals surface area contributed by atoms with Crippen LogP contribution in [0.4, 0.5) is 5.69 Å². The Morgan fingerprint density at radius 2 is 1.78 bits per heavy atom. The van der Waals surface area contributed by atoms with Crippen molar-refractivity contribution in [2.45, 2.75) is 19.9 Å². The molecule has 0 saturated carbocycles. The first-order chi connectivity index (χ1) is 8.52. The third kappa shape index (κ3) is 4.45. The van der Waals surface area contributed by atoms with Crippen LogP contribution in [0.2, 0.25) is 0 Å². The Morgan fingerprint density at radius 3 is 2.28 bits per heavy atom. The number of carbonyl (C=O) groups excluding carboxylic acids is 2. The smallest absolute Gasteiger partial charge is 0.251 e. The van der Waals surface area contributed by atoms with E-state index in [4.69, 9.17) is 0 Å². The average Bonchev–Trinajstić information content (AvgIpc) is 2.35. The average molecular weight is 249 g/mol. The van der Waals surface area contributed by atoms with E-state index in [2.05, 4.69) is 16.0 Å². The molecule has 3 N–H and O–H groups in total. The van der Waals surface area contributed by atoms with Crippen LogP contribution in [0.25, 0.3) is 0 Å². The maximum Gasteiger partial charge on any atom is 0.251 e. The van der Waals surface area contributed by atoms with Gasteiger partial charge in [-0.3, -0.25) is 9.59 Å². The summed E-state index contributed by atoms with van der Waals surface area (Å²) in [6.45, 7) is 4.05. The van der Waals surface area contributed by atoms with Crippen LogP contribution in [-0.4, -0.2) is 31.4 Å². The summed E-state index contributed by atoms with van der Waals surface area (Å²) >= 11 is 0. The van der Waals surface area contributed by atoms with E-state index in [1.165, 1.54) is 0 Å². The summed E-state index contributed by atoms with van der Waals surface area (Å²) in [6, 6.07) is 7.10. The van der Waals surface area contributed by atoms with Gasteiger partial charge in [0.2, 0.25) is 5.91 Å². The fourth-order valence-electron chi connectivity index (χ4n) is 1.44. The van der Waals surface area contributed by atoms with Gasteiger partial charge in [0.25, 0.3) is 5.91 Å². The van der Waals surface area contributed by atoms with Crippen molar-refractivity contribution in [3.05, 3.63) is 29.8 Å². The minimum atomic E-state index is -0.126. The van der Waals surface area contributed by atoms with Crippen molar-refractivity contribution in [3.8, 4) is 0 Å². The van der Waals surface area contributed by atoms with Crippen LogP contribution in [0.1, 0.15) is 24.2 Å². The molecule has 5 heteroatoms. The number of amides is 2. The van der Waals surface area contributed by atoms with E-state index >= 15 is 0 Å². The highest BCUT2D eigenvalue weighted by atomic mass is 16.2. The molecule has 1 aromatic rings. The highest BCUT2D eigenvalue weighted by molar-refractivity contribution is 5.94. The van der Waals surface area contributed by atoms with E-state index in [0.29, 0.717) is 5.56 Å². The Labute approximate surface area is 107 Å². The van der Waals surface area contributed by atoms with Gasteiger partial charge in [0, 0.05) is 24.3 Å². The molecule has 1 aromatic carbocycles. The van der Waals surface area contributed by atoms with Gasteiger partial charge in [-0.2, -0.15) is 0 Å². The van der Waals surface area contributed by atoms with Crippen molar-refractivity contribution in [1.29, 1.82) is 0 Å². The van der Waals surface area contributed by atoms with Crippen LogP contribution in [-0.2, 0) is 4.79 Å². The molecule has 0 fully saturated rings. The summed E-state index contributed by atoms with van der Waals surface area (Å²) in [4.78, 5) is 22.7. The molecule has 5 nitrogen and oxygen atoms in total. The van der Waals surface area contributed by atoms with Crippen LogP contribution in [0.3, 0.4) is 0 Å². The first-order valence-electron chi connectivity index (χ1n) is 5.88. The first-order valence-corrected chi connectivity index (χ1v) is 5.88. The van der Waals surface area contributed by atoms with Crippen LogP contribution >= 0.6 is 0 Å². The molecule has 0 aliphatic rings. The van der Waals surface area contributed by atoms with Gasteiger partial charge < -0.3 is 16.0 Å². The second-order valence-corrected chi connectivity index (χ2v) is 4.23. The monoisotopic (exact) mass is 249 g/mol. The van der Waals surface area contributed by atoms with Gasteiger partial charge in [0.1, 0.15) is 0 Å². The van der Waals surface area contributed by atoms with Gasteiger partial charge in [-0.1, -0.05) is 0 Å². The number of hydrogen-bond donors (Lipinski definition) is 3. The van der Waals surface area contributed by atoms with Crippen molar-refractivity contribution >= 4 is 17.5 Å². The standard InChI is InChI=1S/C13H19N3O2/c1-9(2)16-12(17)8-15-11-6-4-10(5-7-11)13(18)14-3/h4-7,9,15H,8H2,1-3H3,(H,14,18)(H,16,17). The van der Waals surface area contributed by atoms with Gasteiger partial charge in [0.05, 0.1) is 6.54 Å². The molecule has 98 valence electrons. The number of nitrogens with one attached hydrogen (secondary N) is 3. The Bertz CT molecular complexity index is 413. The zero-order valence-electron chi connectivity index (χ0n) is 10.9. The number of anilines is 1. The van der Waals surface area contributed by atoms with E-state index in [1.54, 1.807) is 31.3 Å². The molecule has 0 bridgehead atoms. The molecule has 0 radical (unpaired) electrons. The number of rotatable bonds is 5. The van der Waals surface area contributed by atoms with Gasteiger partial charge in [-0.05, 0) is 38.1 Å². The lowest BCUT2D eigenvalue weighted by Crippen LogP contribution is -2.34. The first kappa shape index (κ1) is 14.0. The van der Waals surface area contributed by atoms with Crippen molar-refractivity contribution in [2.75, 3.05) is 18.9 Å². The Kier molecular flexibility index (Phi) is 5.17. The predicted octanol–water partition coefficient (Wildman–Crippen LogP) is 0.983. The maximum atomic E-state index is 11.4. The van der Waals surface area contributed by atoms with Crippen molar-refractivity contribution < 1.29 is 9.59 Å². The summed E-state index contributed by atoms with van der Waals surface area (Å²) in [6.07, 6.45) is 0. The zero-order chi connectivity index (χ0) is 13.5. The molecule has 0 heterocycles. The van der Waals surface area contributed by atoms with E-state index in [1.807, 2.05) is 13.8 Å². The third-order valence-corrected chi connectivity index (χ3v) is 2.28. The molecule has 0 aliphatic carbocycles. The van der Waals surface area contributed by atoms with E-state index in [-0.39, 0.29) is 24.4 Å². The highest BCUT2D eigenvalue weighted by Gasteiger charge is 2.04. The number of benzene rings is 1. The van der Waals surface area contributed by atoms with E-state index in [0.717, 1.165) is 5.69 Å². The third-order valence-electron chi connectivity index (χ3n) is 2.28. The molecule has 0 aliphatic heterocycles. The second-order valence-electron chi connectivity index (χ2n) is 4.23. The topological polar surface area (TPSA) is 70.2 Å². The van der Waals surface area contributed by atoms with Gasteiger partial charge in [-0.15, -0.1) is 0 Å². The predicted molar refractivity (Wildman–Crippen MR) is 71.6 cm³/mol. The molecular formula is C13H19N3O2. The molecule has 0 atom stereocenters. The molecule has 0 spiro atoms. The SMILES string of the molecule is CNC(=O)c1ccc(NCC(=O)NC(C)C)cc1.